The summed E-state index contributed by atoms with van der Waals surface area (Å²) in [5.74, 6) is 1.27. The van der Waals surface area contributed by atoms with Crippen molar-refractivity contribution in [1.29, 1.82) is 0 Å². The third kappa shape index (κ3) is 2.62. The third-order valence-corrected chi connectivity index (χ3v) is 3.45. The van der Waals surface area contributed by atoms with Gasteiger partial charge in [-0.15, -0.1) is 0 Å². The highest BCUT2D eigenvalue weighted by atomic mass is 79.9. The number of aliphatic hydroxyl groups is 1. The predicted octanol–water partition coefficient (Wildman–Crippen LogP) is 2.68. The van der Waals surface area contributed by atoms with E-state index in [2.05, 4.69) is 26.2 Å². The lowest BCUT2D eigenvalue weighted by molar-refractivity contribution is 0.151. The number of pyridine rings is 1. The van der Waals surface area contributed by atoms with E-state index in [0.29, 0.717) is 17.0 Å². The molecule has 0 amide bonds. The van der Waals surface area contributed by atoms with Gasteiger partial charge in [0, 0.05) is 18.8 Å². The summed E-state index contributed by atoms with van der Waals surface area (Å²) in [7, 11) is 0. The van der Waals surface area contributed by atoms with Crippen molar-refractivity contribution < 1.29 is 5.11 Å². The molecule has 0 spiro atoms. The third-order valence-electron chi connectivity index (χ3n) is 2.64. The number of nitrogens with one attached hydrogen (secondary N) is 1. The summed E-state index contributed by atoms with van der Waals surface area (Å²) < 4.78 is 0.877. The minimum atomic E-state index is 0.285. The van der Waals surface area contributed by atoms with Crippen molar-refractivity contribution in [3.05, 3.63) is 21.8 Å². The number of hydrogen-bond acceptors (Lipinski definition) is 3. The Morgan fingerprint density at radius 3 is 2.93 bits per heavy atom. The zero-order valence-corrected chi connectivity index (χ0v) is 10.4. The molecule has 15 heavy (non-hydrogen) atoms. The highest BCUT2D eigenvalue weighted by molar-refractivity contribution is 9.10. The van der Waals surface area contributed by atoms with Crippen LogP contribution in [0.3, 0.4) is 0 Å². The Bertz CT molecular complexity index is 355. The monoisotopic (exact) mass is 290 g/mol. The Kier molecular flexibility index (Phi) is 3.49. The van der Waals surface area contributed by atoms with Gasteiger partial charge in [0.15, 0.2) is 0 Å². The molecule has 0 aromatic carbocycles. The fourth-order valence-electron chi connectivity index (χ4n) is 1.72. The van der Waals surface area contributed by atoms with Crippen molar-refractivity contribution >= 4 is 33.3 Å². The fraction of sp³-hybridized carbons (Fsp3) is 0.500. The van der Waals surface area contributed by atoms with Gasteiger partial charge in [-0.25, -0.2) is 4.98 Å². The van der Waals surface area contributed by atoms with E-state index >= 15 is 0 Å². The van der Waals surface area contributed by atoms with Gasteiger partial charge in [-0.2, -0.15) is 0 Å². The Morgan fingerprint density at radius 1 is 1.60 bits per heavy atom. The maximum absolute atomic E-state index is 8.89. The van der Waals surface area contributed by atoms with Gasteiger partial charge in [-0.05, 0) is 40.8 Å². The van der Waals surface area contributed by atoms with Crippen molar-refractivity contribution in [1.82, 2.24) is 4.98 Å². The van der Waals surface area contributed by atoms with Gasteiger partial charge in [0.2, 0.25) is 0 Å². The van der Waals surface area contributed by atoms with E-state index in [1.807, 2.05) is 6.07 Å². The van der Waals surface area contributed by atoms with Crippen molar-refractivity contribution in [2.24, 2.45) is 5.92 Å². The number of aromatic nitrogens is 1. The molecule has 0 aliphatic heterocycles. The van der Waals surface area contributed by atoms with E-state index in [1.54, 1.807) is 6.20 Å². The van der Waals surface area contributed by atoms with Gasteiger partial charge < -0.3 is 10.4 Å². The van der Waals surface area contributed by atoms with Gasteiger partial charge in [-0.1, -0.05) is 11.6 Å². The Hall–Kier alpha value is -0.320. The molecule has 3 nitrogen and oxygen atoms in total. The zero-order valence-electron chi connectivity index (χ0n) is 8.08. The Labute approximate surface area is 102 Å². The number of anilines is 1. The molecule has 0 radical (unpaired) electrons. The van der Waals surface area contributed by atoms with E-state index in [9.17, 15) is 0 Å². The molecule has 1 heterocycles. The molecule has 2 N–H and O–H groups in total. The number of aliphatic hydroxyl groups excluding tert-OH is 1. The number of hydrogen-bond donors (Lipinski definition) is 2. The first kappa shape index (κ1) is 11.2. The van der Waals surface area contributed by atoms with Crippen molar-refractivity contribution in [2.45, 2.75) is 18.9 Å². The number of rotatable bonds is 3. The van der Waals surface area contributed by atoms with E-state index in [4.69, 9.17) is 16.7 Å². The molecular weight excluding hydrogens is 279 g/mol. The van der Waals surface area contributed by atoms with Crippen LogP contribution in [0, 0.1) is 5.92 Å². The molecular formula is C10H12BrClN2O. The van der Waals surface area contributed by atoms with Crippen LogP contribution in [0.5, 0.6) is 0 Å². The van der Waals surface area contributed by atoms with Crippen LogP contribution >= 0.6 is 27.5 Å². The van der Waals surface area contributed by atoms with E-state index in [1.165, 1.54) is 0 Å². The molecule has 0 saturated heterocycles. The van der Waals surface area contributed by atoms with E-state index < -0.39 is 0 Å². The van der Waals surface area contributed by atoms with Crippen LogP contribution in [0.25, 0.3) is 0 Å². The topological polar surface area (TPSA) is 45.1 Å². The van der Waals surface area contributed by atoms with Gasteiger partial charge in [0.05, 0.1) is 9.50 Å². The molecule has 1 aliphatic rings. The Morgan fingerprint density at radius 2 is 2.33 bits per heavy atom. The molecule has 1 saturated carbocycles. The molecule has 1 aromatic heterocycles. The van der Waals surface area contributed by atoms with Crippen LogP contribution in [0.2, 0.25) is 5.02 Å². The fourth-order valence-corrected chi connectivity index (χ4v) is 2.47. The molecule has 1 aromatic rings. The lowest BCUT2D eigenvalue weighted by atomic mass is 9.81. The minimum absolute atomic E-state index is 0.285. The standard InChI is InChI=1S/C10H12BrClN2O/c11-9-3-7(12)4-13-10(9)14-8-1-6(2-8)5-15/h3-4,6,8,15H,1-2,5H2,(H,13,14). The van der Waals surface area contributed by atoms with E-state index in [-0.39, 0.29) is 6.61 Å². The molecule has 1 aliphatic carbocycles. The second-order valence-electron chi connectivity index (χ2n) is 3.85. The second kappa shape index (κ2) is 4.68. The summed E-state index contributed by atoms with van der Waals surface area (Å²) >= 11 is 9.20. The summed E-state index contributed by atoms with van der Waals surface area (Å²) in [5.41, 5.74) is 0. The summed E-state index contributed by atoms with van der Waals surface area (Å²) in [5, 5.41) is 12.8. The summed E-state index contributed by atoms with van der Waals surface area (Å²) in [4.78, 5) is 4.20. The molecule has 0 atom stereocenters. The van der Waals surface area contributed by atoms with Gasteiger partial charge in [0.25, 0.3) is 0 Å². The van der Waals surface area contributed by atoms with Crippen LogP contribution in [-0.2, 0) is 0 Å². The van der Waals surface area contributed by atoms with Crippen molar-refractivity contribution in [2.75, 3.05) is 11.9 Å². The van der Waals surface area contributed by atoms with Crippen LogP contribution in [0.1, 0.15) is 12.8 Å². The summed E-state index contributed by atoms with van der Waals surface area (Å²) in [6.45, 7) is 0.285. The quantitative estimate of drug-likeness (QED) is 0.900. The highest BCUT2D eigenvalue weighted by Gasteiger charge is 2.28. The summed E-state index contributed by atoms with van der Waals surface area (Å²) in [6.07, 6.45) is 3.64. The second-order valence-corrected chi connectivity index (χ2v) is 5.14. The largest absolute Gasteiger partial charge is 0.396 e. The first-order valence-corrected chi connectivity index (χ1v) is 6.04. The molecule has 0 bridgehead atoms. The first-order chi connectivity index (χ1) is 7.19. The SMILES string of the molecule is OCC1CC(Nc2ncc(Cl)cc2Br)C1. The first-order valence-electron chi connectivity index (χ1n) is 4.87. The number of nitrogens with zero attached hydrogens (tertiary/aromatic N) is 1. The molecule has 82 valence electrons. The molecule has 1 fully saturated rings. The normalized spacial score (nSPS) is 24.7. The molecule has 0 unspecified atom stereocenters. The molecule has 2 rings (SSSR count). The lowest BCUT2D eigenvalue weighted by Crippen LogP contribution is -2.37. The van der Waals surface area contributed by atoms with Crippen LogP contribution in [0.4, 0.5) is 5.82 Å². The smallest absolute Gasteiger partial charge is 0.140 e. The number of halogens is 2. The highest BCUT2D eigenvalue weighted by Crippen LogP contribution is 2.31. The van der Waals surface area contributed by atoms with Crippen LogP contribution < -0.4 is 5.32 Å². The van der Waals surface area contributed by atoms with Gasteiger partial charge in [0.1, 0.15) is 5.82 Å². The predicted molar refractivity (Wildman–Crippen MR) is 64.2 cm³/mol. The van der Waals surface area contributed by atoms with Gasteiger partial charge >= 0.3 is 0 Å². The summed E-state index contributed by atoms with van der Waals surface area (Å²) in [6, 6.07) is 2.24. The van der Waals surface area contributed by atoms with Crippen LogP contribution in [-0.4, -0.2) is 22.7 Å². The Balaban J connectivity index is 1.94. The minimum Gasteiger partial charge on any atom is -0.396 e. The average Bonchev–Trinajstić information content (AvgIpc) is 2.13. The van der Waals surface area contributed by atoms with Gasteiger partial charge in [-0.3, -0.25) is 0 Å². The lowest BCUT2D eigenvalue weighted by Gasteiger charge is -2.35. The van der Waals surface area contributed by atoms with E-state index in [0.717, 1.165) is 23.1 Å². The maximum Gasteiger partial charge on any atom is 0.140 e. The van der Waals surface area contributed by atoms with Crippen LogP contribution in [0.15, 0.2) is 16.7 Å². The molecule has 5 heteroatoms. The average molecular weight is 292 g/mol. The van der Waals surface area contributed by atoms with Crippen molar-refractivity contribution in [3.63, 3.8) is 0 Å². The zero-order chi connectivity index (χ0) is 10.8. The maximum atomic E-state index is 8.89. The van der Waals surface area contributed by atoms with Crippen molar-refractivity contribution in [3.8, 4) is 0 Å².